The minimum Gasteiger partial charge on any atom is -0.393 e. The zero-order chi connectivity index (χ0) is 13.0. The Balaban J connectivity index is 2.03. The van der Waals surface area contributed by atoms with E-state index in [4.69, 9.17) is 4.52 Å². The standard InChI is InChI=1S/C13H17N3O2/c1-9(2)7-10(17)8-12-15-13(16-18-12)11-5-3-4-6-14-11/h3-6,9-10,17H,7-8H2,1-2H3. The van der Waals surface area contributed by atoms with Gasteiger partial charge in [-0.25, -0.2) is 0 Å². The summed E-state index contributed by atoms with van der Waals surface area (Å²) in [6.45, 7) is 4.13. The molecular formula is C13H17N3O2. The van der Waals surface area contributed by atoms with Gasteiger partial charge in [0.15, 0.2) is 0 Å². The zero-order valence-corrected chi connectivity index (χ0v) is 10.6. The molecule has 0 spiro atoms. The molecule has 2 heterocycles. The van der Waals surface area contributed by atoms with Gasteiger partial charge >= 0.3 is 0 Å². The molecule has 0 bridgehead atoms. The van der Waals surface area contributed by atoms with E-state index in [-0.39, 0.29) is 0 Å². The highest BCUT2D eigenvalue weighted by atomic mass is 16.5. The summed E-state index contributed by atoms with van der Waals surface area (Å²) in [5, 5.41) is 13.7. The second-order valence-electron chi connectivity index (χ2n) is 4.71. The number of hydrogen-bond acceptors (Lipinski definition) is 5. The Morgan fingerprint density at radius 1 is 1.33 bits per heavy atom. The van der Waals surface area contributed by atoms with Crippen molar-refractivity contribution in [2.75, 3.05) is 0 Å². The SMILES string of the molecule is CC(C)CC(O)Cc1nc(-c2ccccn2)no1. The average molecular weight is 247 g/mol. The quantitative estimate of drug-likeness (QED) is 0.875. The molecule has 0 aromatic carbocycles. The molecule has 2 rings (SSSR count). The van der Waals surface area contributed by atoms with Crippen molar-refractivity contribution in [1.29, 1.82) is 0 Å². The van der Waals surface area contributed by atoms with Gasteiger partial charge in [-0.05, 0) is 24.5 Å². The second-order valence-corrected chi connectivity index (χ2v) is 4.71. The molecule has 0 amide bonds. The van der Waals surface area contributed by atoms with Gasteiger partial charge in [-0.15, -0.1) is 0 Å². The van der Waals surface area contributed by atoms with E-state index >= 15 is 0 Å². The van der Waals surface area contributed by atoms with Crippen LogP contribution in [0.5, 0.6) is 0 Å². The Hall–Kier alpha value is -1.75. The molecule has 2 aromatic heterocycles. The number of aliphatic hydroxyl groups is 1. The van der Waals surface area contributed by atoms with Crippen LogP contribution < -0.4 is 0 Å². The molecule has 0 fully saturated rings. The maximum Gasteiger partial charge on any atom is 0.229 e. The number of rotatable bonds is 5. The van der Waals surface area contributed by atoms with Crippen LogP contribution in [0.4, 0.5) is 0 Å². The maximum atomic E-state index is 9.81. The van der Waals surface area contributed by atoms with Crippen LogP contribution in [0.2, 0.25) is 0 Å². The van der Waals surface area contributed by atoms with Crippen LogP contribution in [0, 0.1) is 5.92 Å². The Kier molecular flexibility index (Phi) is 4.04. The summed E-state index contributed by atoms with van der Waals surface area (Å²) in [5.41, 5.74) is 0.672. The summed E-state index contributed by atoms with van der Waals surface area (Å²) in [6, 6.07) is 5.52. The summed E-state index contributed by atoms with van der Waals surface area (Å²) >= 11 is 0. The third-order valence-corrected chi connectivity index (χ3v) is 2.52. The van der Waals surface area contributed by atoms with Crippen molar-refractivity contribution in [2.24, 2.45) is 5.92 Å². The summed E-state index contributed by atoms with van der Waals surface area (Å²) < 4.78 is 5.11. The first-order valence-corrected chi connectivity index (χ1v) is 6.07. The van der Waals surface area contributed by atoms with E-state index in [0.29, 0.717) is 29.7 Å². The lowest BCUT2D eigenvalue weighted by Crippen LogP contribution is -2.13. The average Bonchev–Trinajstić information content (AvgIpc) is 2.77. The first-order valence-electron chi connectivity index (χ1n) is 6.07. The van der Waals surface area contributed by atoms with Crippen molar-refractivity contribution in [3.8, 4) is 11.5 Å². The minimum absolute atomic E-state index is 0.387. The van der Waals surface area contributed by atoms with Crippen molar-refractivity contribution in [3.63, 3.8) is 0 Å². The van der Waals surface area contributed by atoms with Crippen LogP contribution in [0.3, 0.4) is 0 Å². The number of aromatic nitrogens is 3. The fraction of sp³-hybridized carbons (Fsp3) is 0.462. The third-order valence-electron chi connectivity index (χ3n) is 2.52. The van der Waals surface area contributed by atoms with Crippen LogP contribution in [0.1, 0.15) is 26.2 Å². The van der Waals surface area contributed by atoms with Gasteiger partial charge in [0, 0.05) is 6.20 Å². The molecule has 0 aliphatic carbocycles. The smallest absolute Gasteiger partial charge is 0.229 e. The highest BCUT2D eigenvalue weighted by molar-refractivity contribution is 5.46. The second kappa shape index (κ2) is 5.73. The highest BCUT2D eigenvalue weighted by Crippen LogP contribution is 2.14. The van der Waals surface area contributed by atoms with Crippen LogP contribution >= 0.6 is 0 Å². The molecule has 96 valence electrons. The maximum absolute atomic E-state index is 9.81. The number of aliphatic hydroxyl groups excluding tert-OH is 1. The molecule has 0 radical (unpaired) electrons. The molecule has 5 nitrogen and oxygen atoms in total. The molecule has 1 unspecified atom stereocenters. The van der Waals surface area contributed by atoms with E-state index < -0.39 is 6.10 Å². The summed E-state index contributed by atoms with van der Waals surface area (Å²) in [7, 11) is 0. The Labute approximate surface area is 106 Å². The van der Waals surface area contributed by atoms with Crippen LogP contribution in [-0.4, -0.2) is 26.3 Å². The normalized spacial score (nSPS) is 12.9. The monoisotopic (exact) mass is 247 g/mol. The molecular weight excluding hydrogens is 230 g/mol. The topological polar surface area (TPSA) is 72.0 Å². The molecule has 1 N–H and O–H groups in total. The fourth-order valence-corrected chi connectivity index (χ4v) is 1.77. The minimum atomic E-state index is -0.443. The molecule has 5 heteroatoms. The highest BCUT2D eigenvalue weighted by Gasteiger charge is 2.14. The van der Waals surface area contributed by atoms with Crippen LogP contribution in [0.25, 0.3) is 11.5 Å². The molecule has 0 aliphatic heterocycles. The lowest BCUT2D eigenvalue weighted by Gasteiger charge is -2.09. The van der Waals surface area contributed by atoms with Crippen LogP contribution in [0.15, 0.2) is 28.9 Å². The predicted molar refractivity (Wildman–Crippen MR) is 66.7 cm³/mol. The largest absolute Gasteiger partial charge is 0.393 e. The third kappa shape index (κ3) is 3.37. The molecule has 1 atom stereocenters. The molecule has 0 saturated heterocycles. The van der Waals surface area contributed by atoms with Crippen molar-refractivity contribution in [1.82, 2.24) is 15.1 Å². The van der Waals surface area contributed by atoms with Crippen molar-refractivity contribution in [3.05, 3.63) is 30.3 Å². The number of hydrogen-bond donors (Lipinski definition) is 1. The van der Waals surface area contributed by atoms with Gasteiger partial charge < -0.3 is 9.63 Å². The lowest BCUT2D eigenvalue weighted by atomic mass is 10.0. The molecule has 18 heavy (non-hydrogen) atoms. The van der Waals surface area contributed by atoms with E-state index in [0.717, 1.165) is 6.42 Å². The van der Waals surface area contributed by atoms with Gasteiger partial charge in [-0.3, -0.25) is 4.98 Å². The summed E-state index contributed by atoms with van der Waals surface area (Å²) in [5.74, 6) is 1.35. The van der Waals surface area contributed by atoms with E-state index in [1.54, 1.807) is 6.20 Å². The van der Waals surface area contributed by atoms with Gasteiger partial charge in [0.2, 0.25) is 11.7 Å². The van der Waals surface area contributed by atoms with E-state index in [9.17, 15) is 5.11 Å². The van der Waals surface area contributed by atoms with Gasteiger partial charge in [-0.2, -0.15) is 4.98 Å². The number of pyridine rings is 1. The fourth-order valence-electron chi connectivity index (χ4n) is 1.77. The van der Waals surface area contributed by atoms with Crippen molar-refractivity contribution in [2.45, 2.75) is 32.8 Å². The zero-order valence-electron chi connectivity index (χ0n) is 10.6. The van der Waals surface area contributed by atoms with Crippen molar-refractivity contribution >= 4 is 0 Å². The van der Waals surface area contributed by atoms with E-state index in [2.05, 4.69) is 29.0 Å². The first-order chi connectivity index (χ1) is 8.65. The van der Waals surface area contributed by atoms with Crippen LogP contribution in [-0.2, 0) is 6.42 Å². The lowest BCUT2D eigenvalue weighted by molar-refractivity contribution is 0.138. The van der Waals surface area contributed by atoms with Crippen molar-refractivity contribution < 1.29 is 9.63 Å². The van der Waals surface area contributed by atoms with Gasteiger partial charge in [0.05, 0.1) is 12.5 Å². The van der Waals surface area contributed by atoms with Gasteiger partial charge in [0.1, 0.15) is 5.69 Å². The summed E-state index contributed by atoms with van der Waals surface area (Å²) in [6.07, 6.45) is 2.35. The summed E-state index contributed by atoms with van der Waals surface area (Å²) in [4.78, 5) is 8.37. The Bertz CT molecular complexity index is 482. The van der Waals surface area contributed by atoms with Gasteiger partial charge in [0.25, 0.3) is 0 Å². The number of nitrogens with zero attached hydrogens (tertiary/aromatic N) is 3. The molecule has 2 aromatic rings. The molecule has 0 aliphatic rings. The van der Waals surface area contributed by atoms with E-state index in [1.165, 1.54) is 0 Å². The van der Waals surface area contributed by atoms with E-state index in [1.807, 2.05) is 18.2 Å². The van der Waals surface area contributed by atoms with Gasteiger partial charge in [-0.1, -0.05) is 25.1 Å². The Morgan fingerprint density at radius 2 is 2.17 bits per heavy atom. The molecule has 0 saturated carbocycles. The predicted octanol–water partition coefficient (Wildman–Crippen LogP) is 2.08. The Morgan fingerprint density at radius 3 is 2.83 bits per heavy atom. The first kappa shape index (κ1) is 12.7.